The third-order valence-electron chi connectivity index (χ3n) is 3.34. The first-order valence-electron chi connectivity index (χ1n) is 6.44. The first-order valence-corrected chi connectivity index (χ1v) is 7.19. The van der Waals surface area contributed by atoms with Gasteiger partial charge in [0, 0.05) is 5.02 Å². The predicted octanol–water partition coefficient (Wildman–Crippen LogP) is 4.11. The van der Waals surface area contributed by atoms with Crippen molar-refractivity contribution in [2.75, 3.05) is 5.32 Å². The van der Waals surface area contributed by atoms with Gasteiger partial charge in [0.25, 0.3) is 0 Å². The number of hydrogen-bond donors (Lipinski definition) is 2. The van der Waals surface area contributed by atoms with E-state index in [4.69, 9.17) is 28.9 Å². The zero-order valence-electron chi connectivity index (χ0n) is 11.8. The summed E-state index contributed by atoms with van der Waals surface area (Å²) < 4.78 is 0. The van der Waals surface area contributed by atoms with Gasteiger partial charge >= 0.3 is 0 Å². The molecule has 0 aromatic heterocycles. The minimum Gasteiger partial charge on any atom is -0.323 e. The van der Waals surface area contributed by atoms with Crippen molar-refractivity contribution < 1.29 is 4.79 Å². The monoisotopic (exact) mass is 322 g/mol. The van der Waals surface area contributed by atoms with Crippen LogP contribution >= 0.6 is 23.2 Å². The van der Waals surface area contributed by atoms with Gasteiger partial charge in [-0.3, -0.25) is 4.79 Å². The summed E-state index contributed by atoms with van der Waals surface area (Å²) >= 11 is 12.2. The van der Waals surface area contributed by atoms with Gasteiger partial charge in [-0.25, -0.2) is 0 Å². The third-order valence-corrected chi connectivity index (χ3v) is 4.06. The lowest BCUT2D eigenvalue weighted by molar-refractivity contribution is -0.120. The Morgan fingerprint density at radius 3 is 2.38 bits per heavy atom. The second-order valence-electron chi connectivity index (χ2n) is 5.10. The minimum absolute atomic E-state index is 0.351. The van der Waals surface area contributed by atoms with Gasteiger partial charge in [-0.15, -0.1) is 0 Å². The molecule has 21 heavy (non-hydrogen) atoms. The maximum atomic E-state index is 12.4. The first-order chi connectivity index (χ1) is 9.82. The summed E-state index contributed by atoms with van der Waals surface area (Å²) in [5, 5.41) is 3.70. The molecule has 0 spiro atoms. The van der Waals surface area contributed by atoms with Crippen LogP contribution in [0.5, 0.6) is 0 Å². The van der Waals surface area contributed by atoms with Crippen molar-refractivity contribution in [1.82, 2.24) is 0 Å². The normalized spacial score (nSPS) is 13.6. The fraction of sp³-hybridized carbons (Fsp3) is 0.188. The van der Waals surface area contributed by atoms with E-state index in [1.807, 2.05) is 37.3 Å². The van der Waals surface area contributed by atoms with E-state index in [9.17, 15) is 4.79 Å². The number of anilines is 1. The second-order valence-corrected chi connectivity index (χ2v) is 5.92. The molecule has 0 aliphatic rings. The van der Waals surface area contributed by atoms with E-state index >= 15 is 0 Å². The maximum absolute atomic E-state index is 12.4. The lowest BCUT2D eigenvalue weighted by Gasteiger charge is -2.24. The zero-order chi connectivity index (χ0) is 15.6. The predicted molar refractivity (Wildman–Crippen MR) is 87.8 cm³/mol. The van der Waals surface area contributed by atoms with Crippen molar-refractivity contribution in [2.24, 2.45) is 5.73 Å². The molecular formula is C16H16Cl2N2O. The molecule has 3 N–H and O–H groups in total. The van der Waals surface area contributed by atoms with Gasteiger partial charge in [-0.1, -0.05) is 53.5 Å². The molecule has 0 aliphatic carbocycles. The number of hydrogen-bond acceptors (Lipinski definition) is 2. The quantitative estimate of drug-likeness (QED) is 0.893. The van der Waals surface area contributed by atoms with Crippen molar-refractivity contribution >= 4 is 34.8 Å². The number of carbonyl (C=O) groups excluding carboxylic acids is 1. The van der Waals surface area contributed by atoms with Crippen molar-refractivity contribution in [2.45, 2.75) is 19.4 Å². The van der Waals surface area contributed by atoms with Crippen LogP contribution in [0, 0.1) is 6.92 Å². The topological polar surface area (TPSA) is 55.1 Å². The molecule has 0 saturated carbocycles. The molecule has 110 valence electrons. The molecule has 0 saturated heterocycles. The summed E-state index contributed by atoms with van der Waals surface area (Å²) in [6.45, 7) is 3.50. The highest BCUT2D eigenvalue weighted by Gasteiger charge is 2.30. The molecule has 1 atom stereocenters. The van der Waals surface area contributed by atoms with E-state index < -0.39 is 5.54 Å². The number of halogens is 2. The average molecular weight is 323 g/mol. The van der Waals surface area contributed by atoms with Gasteiger partial charge in [0.05, 0.1) is 10.7 Å². The average Bonchev–Trinajstić information content (AvgIpc) is 2.45. The van der Waals surface area contributed by atoms with E-state index in [1.54, 1.807) is 19.1 Å². The molecule has 1 unspecified atom stereocenters. The van der Waals surface area contributed by atoms with Crippen LogP contribution in [-0.2, 0) is 10.3 Å². The summed E-state index contributed by atoms with van der Waals surface area (Å²) in [6.07, 6.45) is 0. The highest BCUT2D eigenvalue weighted by molar-refractivity contribution is 6.36. The number of aryl methyl sites for hydroxylation is 1. The van der Waals surface area contributed by atoms with Crippen molar-refractivity contribution in [3.05, 3.63) is 63.6 Å². The molecule has 5 heteroatoms. The molecule has 0 radical (unpaired) electrons. The molecule has 2 rings (SSSR count). The second kappa shape index (κ2) is 6.06. The number of nitrogens with one attached hydrogen (secondary N) is 1. The van der Waals surface area contributed by atoms with Crippen LogP contribution in [-0.4, -0.2) is 5.91 Å². The molecular weight excluding hydrogens is 307 g/mol. The smallest absolute Gasteiger partial charge is 0.248 e. The summed E-state index contributed by atoms with van der Waals surface area (Å²) in [7, 11) is 0. The Bertz CT molecular complexity index is 669. The van der Waals surface area contributed by atoms with Crippen LogP contribution in [0.3, 0.4) is 0 Å². The Balaban J connectivity index is 2.28. The molecule has 0 aliphatic heterocycles. The van der Waals surface area contributed by atoms with Crippen LogP contribution in [0.1, 0.15) is 18.1 Å². The number of nitrogens with two attached hydrogens (primary N) is 1. The number of rotatable bonds is 3. The van der Waals surface area contributed by atoms with Gasteiger partial charge in [0.2, 0.25) is 5.91 Å². The highest BCUT2D eigenvalue weighted by atomic mass is 35.5. The Labute approximate surface area is 134 Å². The number of benzene rings is 2. The molecule has 1 amide bonds. The van der Waals surface area contributed by atoms with E-state index in [0.717, 1.165) is 11.1 Å². The number of amides is 1. The molecule has 0 fully saturated rings. The Morgan fingerprint density at radius 2 is 1.76 bits per heavy atom. The van der Waals surface area contributed by atoms with Crippen LogP contribution in [0.4, 0.5) is 5.69 Å². The standard InChI is InChI=1S/C16H16Cl2N2O/c1-10-8-13(18)14(9-12(10)17)20-15(21)16(2,19)11-6-4-3-5-7-11/h3-9H,19H2,1-2H3,(H,20,21). The van der Waals surface area contributed by atoms with Gasteiger partial charge in [-0.05, 0) is 37.1 Å². The Kier molecular flexibility index (Phi) is 4.57. The summed E-state index contributed by atoms with van der Waals surface area (Å²) in [6, 6.07) is 12.5. The van der Waals surface area contributed by atoms with Crippen molar-refractivity contribution in [3.8, 4) is 0 Å². The summed E-state index contributed by atoms with van der Waals surface area (Å²) in [5.41, 5.74) is 7.01. The lowest BCUT2D eigenvalue weighted by atomic mass is 9.92. The Morgan fingerprint density at radius 1 is 1.14 bits per heavy atom. The summed E-state index contributed by atoms with van der Waals surface area (Å²) in [4.78, 5) is 12.4. The highest BCUT2D eigenvalue weighted by Crippen LogP contribution is 2.30. The van der Waals surface area contributed by atoms with E-state index in [0.29, 0.717) is 15.7 Å². The Hall–Kier alpha value is -1.55. The van der Waals surface area contributed by atoms with Gasteiger partial charge in [0.1, 0.15) is 5.54 Å². The molecule has 2 aromatic carbocycles. The molecule has 2 aromatic rings. The van der Waals surface area contributed by atoms with E-state index in [2.05, 4.69) is 5.32 Å². The largest absolute Gasteiger partial charge is 0.323 e. The van der Waals surface area contributed by atoms with Crippen molar-refractivity contribution in [3.63, 3.8) is 0 Å². The zero-order valence-corrected chi connectivity index (χ0v) is 13.3. The summed E-state index contributed by atoms with van der Waals surface area (Å²) in [5.74, 6) is -0.351. The SMILES string of the molecule is Cc1cc(Cl)c(NC(=O)C(C)(N)c2ccccc2)cc1Cl. The minimum atomic E-state index is -1.16. The van der Waals surface area contributed by atoms with Crippen LogP contribution < -0.4 is 11.1 Å². The fourth-order valence-electron chi connectivity index (χ4n) is 1.91. The van der Waals surface area contributed by atoms with Crippen LogP contribution in [0.2, 0.25) is 10.0 Å². The van der Waals surface area contributed by atoms with Gasteiger partial charge in [0.15, 0.2) is 0 Å². The van der Waals surface area contributed by atoms with Gasteiger partial charge in [-0.2, -0.15) is 0 Å². The van der Waals surface area contributed by atoms with E-state index in [-0.39, 0.29) is 5.91 Å². The third kappa shape index (κ3) is 3.38. The van der Waals surface area contributed by atoms with Crippen molar-refractivity contribution in [1.29, 1.82) is 0 Å². The van der Waals surface area contributed by atoms with E-state index in [1.165, 1.54) is 0 Å². The lowest BCUT2D eigenvalue weighted by Crippen LogP contribution is -2.45. The molecule has 0 heterocycles. The first kappa shape index (κ1) is 15.8. The van der Waals surface area contributed by atoms with Gasteiger partial charge < -0.3 is 11.1 Å². The fourth-order valence-corrected chi connectivity index (χ4v) is 2.34. The molecule has 0 bridgehead atoms. The maximum Gasteiger partial charge on any atom is 0.248 e. The molecule has 3 nitrogen and oxygen atoms in total. The van der Waals surface area contributed by atoms with Crippen LogP contribution in [0.15, 0.2) is 42.5 Å². The number of carbonyl (C=O) groups is 1. The van der Waals surface area contributed by atoms with Crippen LogP contribution in [0.25, 0.3) is 0 Å².